The molecule has 19 heavy (non-hydrogen) atoms. The molecule has 6 nitrogen and oxygen atoms in total. The molecule has 98 valence electrons. The molecule has 7 heteroatoms. The van der Waals surface area contributed by atoms with Gasteiger partial charge < -0.3 is 9.47 Å². The molecule has 0 saturated carbocycles. The summed E-state index contributed by atoms with van der Waals surface area (Å²) >= 11 is 1.24. The highest BCUT2D eigenvalue weighted by Crippen LogP contribution is 2.25. The molecule has 1 N–H and O–H groups in total. The van der Waals surface area contributed by atoms with Crippen molar-refractivity contribution in [3.05, 3.63) is 30.2 Å². The number of ether oxygens (including phenoxy) is 2. The summed E-state index contributed by atoms with van der Waals surface area (Å²) in [6, 6.07) is 5.72. The molecule has 0 radical (unpaired) electrons. The zero-order valence-corrected chi connectivity index (χ0v) is 11.1. The lowest BCUT2D eigenvalue weighted by molar-refractivity contribution is 0.200. The Kier molecular flexibility index (Phi) is 3.39. The number of aromatic nitrogens is 4. The van der Waals surface area contributed by atoms with Crippen molar-refractivity contribution in [2.45, 2.75) is 6.42 Å². The summed E-state index contributed by atoms with van der Waals surface area (Å²) in [5.41, 5.74) is 0.932. The van der Waals surface area contributed by atoms with Crippen LogP contribution in [0.25, 0.3) is 10.9 Å². The highest BCUT2D eigenvalue weighted by molar-refractivity contribution is 7.07. The van der Waals surface area contributed by atoms with Crippen LogP contribution in [0.2, 0.25) is 0 Å². The van der Waals surface area contributed by atoms with Gasteiger partial charge in [-0.15, -0.1) is 0 Å². The molecule has 2 aromatic heterocycles. The maximum Gasteiger partial charge on any atom is 0.298 e. The lowest BCUT2D eigenvalue weighted by atomic mass is 10.2. The van der Waals surface area contributed by atoms with Crippen molar-refractivity contribution in [1.82, 2.24) is 19.6 Å². The van der Waals surface area contributed by atoms with Gasteiger partial charge in [0, 0.05) is 36.5 Å². The third-order valence-corrected chi connectivity index (χ3v) is 3.23. The van der Waals surface area contributed by atoms with Crippen LogP contribution in [0.5, 0.6) is 10.9 Å². The number of rotatable bonds is 5. The second-order valence-corrected chi connectivity index (χ2v) is 4.65. The fraction of sp³-hybridized carbons (Fsp3) is 0.250. The van der Waals surface area contributed by atoms with Gasteiger partial charge in [0.15, 0.2) is 0 Å². The summed E-state index contributed by atoms with van der Waals surface area (Å²) in [4.78, 5) is 4.29. The van der Waals surface area contributed by atoms with E-state index in [2.05, 4.69) is 19.6 Å². The van der Waals surface area contributed by atoms with Crippen molar-refractivity contribution in [2.75, 3.05) is 13.7 Å². The van der Waals surface area contributed by atoms with E-state index in [1.165, 1.54) is 11.5 Å². The van der Waals surface area contributed by atoms with E-state index < -0.39 is 0 Å². The van der Waals surface area contributed by atoms with Crippen LogP contribution in [0.4, 0.5) is 0 Å². The smallest absolute Gasteiger partial charge is 0.298 e. The fourth-order valence-electron chi connectivity index (χ4n) is 1.65. The normalized spacial score (nSPS) is 11.0. The Balaban J connectivity index is 1.74. The van der Waals surface area contributed by atoms with Crippen molar-refractivity contribution in [2.24, 2.45) is 0 Å². The van der Waals surface area contributed by atoms with Crippen molar-refractivity contribution in [1.29, 1.82) is 0 Å². The summed E-state index contributed by atoms with van der Waals surface area (Å²) in [5, 5.41) is 8.45. The molecule has 0 unspecified atom stereocenters. The molecule has 3 rings (SSSR count). The van der Waals surface area contributed by atoms with Crippen molar-refractivity contribution < 1.29 is 9.47 Å². The third-order valence-electron chi connectivity index (χ3n) is 2.60. The highest BCUT2D eigenvalue weighted by Gasteiger charge is 2.07. The highest BCUT2D eigenvalue weighted by atomic mass is 32.1. The van der Waals surface area contributed by atoms with Gasteiger partial charge >= 0.3 is 0 Å². The third kappa shape index (κ3) is 2.72. The molecular weight excluding hydrogens is 264 g/mol. The Morgan fingerprint density at radius 3 is 3.21 bits per heavy atom. The molecule has 1 aromatic carbocycles. The average molecular weight is 276 g/mol. The van der Waals surface area contributed by atoms with Gasteiger partial charge in [0.1, 0.15) is 11.6 Å². The lowest BCUT2D eigenvalue weighted by Crippen LogP contribution is -1.96. The van der Waals surface area contributed by atoms with Crippen molar-refractivity contribution in [3.63, 3.8) is 0 Å². The quantitative estimate of drug-likeness (QED) is 0.774. The predicted molar refractivity (Wildman–Crippen MR) is 71.7 cm³/mol. The van der Waals surface area contributed by atoms with E-state index in [9.17, 15) is 0 Å². The number of nitrogens with zero attached hydrogens (tertiary/aromatic N) is 3. The van der Waals surface area contributed by atoms with Gasteiger partial charge in [0.05, 0.1) is 18.3 Å². The van der Waals surface area contributed by atoms with Gasteiger partial charge in [-0.2, -0.15) is 14.5 Å². The Hall–Kier alpha value is -1.99. The molecule has 0 saturated heterocycles. The zero-order valence-electron chi connectivity index (χ0n) is 10.3. The van der Waals surface area contributed by atoms with Crippen molar-refractivity contribution >= 4 is 22.4 Å². The summed E-state index contributed by atoms with van der Waals surface area (Å²) in [6.07, 6.45) is 2.46. The maximum absolute atomic E-state index is 5.67. The van der Waals surface area contributed by atoms with Crippen LogP contribution in [0.1, 0.15) is 5.82 Å². The first kappa shape index (κ1) is 12.1. The molecule has 0 bridgehead atoms. The Morgan fingerprint density at radius 1 is 1.37 bits per heavy atom. The monoisotopic (exact) mass is 276 g/mol. The first-order valence-corrected chi connectivity index (χ1v) is 6.55. The van der Waals surface area contributed by atoms with E-state index in [1.807, 2.05) is 18.2 Å². The standard InChI is InChI=1S/C12H12N4O2S/c1-17-5-4-11-14-12(19-16-11)18-9-3-2-8-7-13-15-10(8)6-9/h2-3,6-7H,4-5H2,1H3,(H,13,15). The zero-order chi connectivity index (χ0) is 13.1. The Bertz CT molecular complexity index is 679. The first-order valence-electron chi connectivity index (χ1n) is 5.77. The SMILES string of the molecule is COCCc1nsc(Oc2ccc3cn[nH]c3c2)n1. The maximum atomic E-state index is 5.67. The average Bonchev–Trinajstić information content (AvgIpc) is 3.05. The van der Waals surface area contributed by atoms with Gasteiger partial charge in [0.25, 0.3) is 5.19 Å². The van der Waals surface area contributed by atoms with Gasteiger partial charge in [0.2, 0.25) is 0 Å². The number of hydrogen-bond donors (Lipinski definition) is 1. The molecular formula is C12H12N4O2S. The molecule has 2 heterocycles. The number of aromatic amines is 1. The van der Waals surface area contributed by atoms with Crippen LogP contribution in [0.3, 0.4) is 0 Å². The second-order valence-electron chi connectivity index (χ2n) is 3.94. The lowest BCUT2D eigenvalue weighted by Gasteiger charge is -2.00. The van der Waals surface area contributed by atoms with Crippen LogP contribution in [0, 0.1) is 0 Å². The molecule has 0 aliphatic rings. The molecule has 0 spiro atoms. The molecule has 0 aliphatic carbocycles. The summed E-state index contributed by atoms with van der Waals surface area (Å²) in [7, 11) is 1.66. The largest absolute Gasteiger partial charge is 0.430 e. The number of hydrogen-bond acceptors (Lipinski definition) is 6. The van der Waals surface area contributed by atoms with E-state index >= 15 is 0 Å². The van der Waals surface area contributed by atoms with Gasteiger partial charge in [-0.1, -0.05) is 0 Å². The summed E-state index contributed by atoms with van der Waals surface area (Å²) < 4.78 is 14.9. The summed E-state index contributed by atoms with van der Waals surface area (Å²) in [5.74, 6) is 1.45. The van der Waals surface area contributed by atoms with Gasteiger partial charge in [-0.25, -0.2) is 0 Å². The minimum absolute atomic E-state index is 0.532. The first-order chi connectivity index (χ1) is 9.35. The van der Waals surface area contributed by atoms with Gasteiger partial charge in [-0.3, -0.25) is 5.10 Å². The molecule has 0 aliphatic heterocycles. The van der Waals surface area contributed by atoms with E-state index in [0.717, 1.165) is 16.7 Å². The second kappa shape index (κ2) is 5.33. The Labute approximate surface area is 113 Å². The molecule has 0 fully saturated rings. The summed E-state index contributed by atoms with van der Waals surface area (Å²) in [6.45, 7) is 0.607. The number of benzene rings is 1. The van der Waals surface area contributed by atoms with E-state index in [4.69, 9.17) is 9.47 Å². The fourth-order valence-corrected chi connectivity index (χ4v) is 2.25. The van der Waals surface area contributed by atoms with Crippen LogP contribution in [0.15, 0.2) is 24.4 Å². The molecule has 3 aromatic rings. The van der Waals surface area contributed by atoms with Gasteiger partial charge in [-0.05, 0) is 12.1 Å². The van der Waals surface area contributed by atoms with E-state index in [1.54, 1.807) is 13.3 Å². The topological polar surface area (TPSA) is 72.9 Å². The number of nitrogens with one attached hydrogen (secondary N) is 1. The van der Waals surface area contributed by atoms with Crippen LogP contribution in [-0.4, -0.2) is 33.3 Å². The van der Waals surface area contributed by atoms with Crippen LogP contribution < -0.4 is 4.74 Å². The minimum Gasteiger partial charge on any atom is -0.430 e. The van der Waals surface area contributed by atoms with Crippen molar-refractivity contribution in [3.8, 4) is 10.9 Å². The Morgan fingerprint density at radius 2 is 2.32 bits per heavy atom. The van der Waals surface area contributed by atoms with E-state index in [-0.39, 0.29) is 0 Å². The number of H-pyrrole nitrogens is 1. The number of methoxy groups -OCH3 is 1. The molecule has 0 atom stereocenters. The number of fused-ring (bicyclic) bond motifs is 1. The van der Waals surface area contributed by atoms with Crippen LogP contribution >= 0.6 is 11.5 Å². The molecule has 0 amide bonds. The predicted octanol–water partition coefficient (Wildman–Crippen LogP) is 2.40. The minimum atomic E-state index is 0.532. The van der Waals surface area contributed by atoms with Crippen LogP contribution in [-0.2, 0) is 11.2 Å². The van der Waals surface area contributed by atoms with E-state index in [0.29, 0.717) is 24.0 Å².